The van der Waals surface area contributed by atoms with E-state index in [2.05, 4.69) is 0 Å². The zero-order valence-electron chi connectivity index (χ0n) is 8.82. The maximum absolute atomic E-state index is 12.1. The van der Waals surface area contributed by atoms with Gasteiger partial charge in [0.1, 0.15) is 20.4 Å². The molecule has 1 aromatic carbocycles. The van der Waals surface area contributed by atoms with E-state index in [0.29, 0.717) is 35.7 Å². The van der Waals surface area contributed by atoms with Crippen LogP contribution in [0, 0.1) is 0 Å². The quantitative estimate of drug-likeness (QED) is 0.580. The van der Waals surface area contributed by atoms with Crippen molar-refractivity contribution < 1.29 is 14.0 Å². The van der Waals surface area contributed by atoms with Crippen molar-refractivity contribution in [2.24, 2.45) is 0 Å². The minimum Gasteiger partial charge on any atom is -0.486 e. The second-order valence-corrected chi connectivity index (χ2v) is 7.03. The standard InChI is InChI=1S/C10H14NO3P/c1-15(2,12)10-7(11)3-4-8-9(10)14-6-5-13-8/h3-4H,5-6,11H2,1-2H3. The van der Waals surface area contributed by atoms with Gasteiger partial charge >= 0.3 is 0 Å². The average molecular weight is 227 g/mol. The maximum Gasteiger partial charge on any atom is 0.174 e. The SMILES string of the molecule is CP(C)(=O)c1c(N)ccc2c1OCCO2. The van der Waals surface area contributed by atoms with Gasteiger partial charge in [-0.1, -0.05) is 0 Å². The summed E-state index contributed by atoms with van der Waals surface area (Å²) >= 11 is 0. The van der Waals surface area contributed by atoms with Gasteiger partial charge in [-0.25, -0.2) is 0 Å². The Balaban J connectivity index is 2.66. The first-order chi connectivity index (χ1) is 7.00. The van der Waals surface area contributed by atoms with Crippen LogP contribution >= 0.6 is 7.14 Å². The van der Waals surface area contributed by atoms with E-state index >= 15 is 0 Å². The van der Waals surface area contributed by atoms with E-state index in [1.807, 2.05) is 0 Å². The molecule has 0 aliphatic carbocycles. The Morgan fingerprint density at radius 3 is 2.60 bits per heavy atom. The summed E-state index contributed by atoms with van der Waals surface area (Å²) < 4.78 is 23.0. The molecule has 0 saturated heterocycles. The molecule has 0 spiro atoms. The van der Waals surface area contributed by atoms with Gasteiger partial charge in [0.15, 0.2) is 11.5 Å². The van der Waals surface area contributed by atoms with Crippen LogP contribution in [0.3, 0.4) is 0 Å². The smallest absolute Gasteiger partial charge is 0.174 e. The van der Waals surface area contributed by atoms with Crippen LogP contribution in [0.1, 0.15) is 0 Å². The summed E-state index contributed by atoms with van der Waals surface area (Å²) in [5.74, 6) is 1.18. The first-order valence-electron chi connectivity index (χ1n) is 4.74. The number of nitrogens with two attached hydrogens (primary N) is 1. The van der Waals surface area contributed by atoms with Crippen LogP contribution in [0.5, 0.6) is 11.5 Å². The third kappa shape index (κ3) is 1.82. The minimum atomic E-state index is -2.45. The molecule has 0 unspecified atom stereocenters. The molecule has 15 heavy (non-hydrogen) atoms. The van der Waals surface area contributed by atoms with E-state index in [-0.39, 0.29) is 0 Å². The van der Waals surface area contributed by atoms with Gasteiger partial charge in [-0.05, 0) is 25.5 Å². The van der Waals surface area contributed by atoms with Crippen LogP contribution in [0.4, 0.5) is 5.69 Å². The third-order valence-electron chi connectivity index (χ3n) is 2.25. The molecule has 5 heteroatoms. The summed E-state index contributed by atoms with van der Waals surface area (Å²) in [4.78, 5) is 0. The molecule has 0 amide bonds. The third-order valence-corrected chi connectivity index (χ3v) is 3.79. The highest BCUT2D eigenvalue weighted by Crippen LogP contribution is 2.45. The lowest BCUT2D eigenvalue weighted by molar-refractivity contribution is 0.173. The van der Waals surface area contributed by atoms with Crippen LogP contribution in [0.15, 0.2) is 12.1 Å². The molecule has 0 bridgehead atoms. The van der Waals surface area contributed by atoms with Gasteiger partial charge in [-0.15, -0.1) is 0 Å². The molecular weight excluding hydrogens is 213 g/mol. The topological polar surface area (TPSA) is 61.6 Å². The van der Waals surface area contributed by atoms with Gasteiger partial charge in [0.2, 0.25) is 0 Å². The van der Waals surface area contributed by atoms with Gasteiger partial charge in [0.05, 0.1) is 5.30 Å². The van der Waals surface area contributed by atoms with Gasteiger partial charge < -0.3 is 19.8 Å². The van der Waals surface area contributed by atoms with Crippen molar-refractivity contribution in [3.05, 3.63) is 12.1 Å². The van der Waals surface area contributed by atoms with Crippen LogP contribution in [-0.4, -0.2) is 26.5 Å². The second-order valence-electron chi connectivity index (χ2n) is 3.88. The highest BCUT2D eigenvalue weighted by Gasteiger charge is 2.26. The van der Waals surface area contributed by atoms with E-state index in [0.717, 1.165) is 0 Å². The van der Waals surface area contributed by atoms with Crippen molar-refractivity contribution >= 4 is 18.1 Å². The molecule has 82 valence electrons. The number of hydrogen-bond acceptors (Lipinski definition) is 4. The highest BCUT2D eigenvalue weighted by atomic mass is 31.2. The number of ether oxygens (including phenoxy) is 2. The Morgan fingerprint density at radius 1 is 1.27 bits per heavy atom. The fourth-order valence-electron chi connectivity index (χ4n) is 1.67. The Bertz CT molecular complexity index is 439. The predicted octanol–water partition coefficient (Wildman–Crippen LogP) is 1.29. The first kappa shape index (κ1) is 10.4. The van der Waals surface area contributed by atoms with E-state index in [9.17, 15) is 4.57 Å². The van der Waals surface area contributed by atoms with Gasteiger partial charge in [0.25, 0.3) is 0 Å². The van der Waals surface area contributed by atoms with Crippen molar-refractivity contribution in [3.63, 3.8) is 0 Å². The molecule has 1 aromatic rings. The van der Waals surface area contributed by atoms with Crippen molar-refractivity contribution in [1.29, 1.82) is 0 Å². The molecule has 1 aliphatic rings. The lowest BCUT2D eigenvalue weighted by Gasteiger charge is -2.23. The zero-order chi connectivity index (χ0) is 11.1. The van der Waals surface area contributed by atoms with Crippen molar-refractivity contribution in [2.45, 2.75) is 0 Å². The van der Waals surface area contributed by atoms with E-state index < -0.39 is 7.14 Å². The fraction of sp³-hybridized carbons (Fsp3) is 0.400. The average Bonchev–Trinajstić information content (AvgIpc) is 2.15. The summed E-state index contributed by atoms with van der Waals surface area (Å²) in [5, 5.41) is 0.597. The number of anilines is 1. The monoisotopic (exact) mass is 227 g/mol. The molecule has 0 radical (unpaired) electrons. The number of rotatable bonds is 1. The number of nitrogen functional groups attached to an aromatic ring is 1. The molecule has 0 atom stereocenters. The van der Waals surface area contributed by atoms with Crippen molar-refractivity contribution in [3.8, 4) is 11.5 Å². The van der Waals surface area contributed by atoms with E-state index in [1.54, 1.807) is 25.5 Å². The van der Waals surface area contributed by atoms with Crippen LogP contribution in [0.2, 0.25) is 0 Å². The molecule has 0 aromatic heterocycles. The zero-order valence-corrected chi connectivity index (χ0v) is 9.71. The van der Waals surface area contributed by atoms with Crippen molar-refractivity contribution in [2.75, 3.05) is 32.3 Å². The maximum atomic E-state index is 12.1. The Morgan fingerprint density at radius 2 is 1.93 bits per heavy atom. The van der Waals surface area contributed by atoms with Crippen LogP contribution in [0.25, 0.3) is 0 Å². The Hall–Kier alpha value is -1.15. The molecule has 0 fully saturated rings. The second kappa shape index (κ2) is 3.46. The van der Waals surface area contributed by atoms with Gasteiger partial charge in [-0.3, -0.25) is 0 Å². The molecule has 2 rings (SSSR count). The lowest BCUT2D eigenvalue weighted by atomic mass is 10.2. The molecule has 0 saturated carbocycles. The summed E-state index contributed by atoms with van der Waals surface area (Å²) in [6, 6.07) is 3.46. The molecule has 2 N–H and O–H groups in total. The Labute approximate surface area is 88.7 Å². The lowest BCUT2D eigenvalue weighted by Crippen LogP contribution is -2.22. The molecule has 1 heterocycles. The fourth-order valence-corrected chi connectivity index (χ4v) is 3.03. The number of hydrogen-bond donors (Lipinski definition) is 1. The van der Waals surface area contributed by atoms with Crippen molar-refractivity contribution in [1.82, 2.24) is 0 Å². The van der Waals surface area contributed by atoms with E-state index in [1.165, 1.54) is 0 Å². The minimum absolute atomic E-state index is 0.476. The normalized spacial score (nSPS) is 15.1. The molecule has 1 aliphatic heterocycles. The van der Waals surface area contributed by atoms with E-state index in [4.69, 9.17) is 15.2 Å². The predicted molar refractivity (Wildman–Crippen MR) is 60.9 cm³/mol. The van der Waals surface area contributed by atoms with Crippen LogP contribution in [-0.2, 0) is 4.57 Å². The first-order valence-corrected chi connectivity index (χ1v) is 7.34. The molecule has 4 nitrogen and oxygen atoms in total. The number of fused-ring (bicyclic) bond motifs is 1. The van der Waals surface area contributed by atoms with Crippen LogP contribution < -0.4 is 20.5 Å². The summed E-state index contributed by atoms with van der Waals surface area (Å²) in [7, 11) is -2.45. The summed E-state index contributed by atoms with van der Waals surface area (Å²) in [5.41, 5.74) is 6.33. The van der Waals surface area contributed by atoms with Gasteiger partial charge in [0, 0.05) is 5.69 Å². The Kier molecular flexibility index (Phi) is 2.39. The largest absolute Gasteiger partial charge is 0.486 e. The summed E-state index contributed by atoms with van der Waals surface area (Å²) in [6.45, 7) is 4.35. The molecular formula is C10H14NO3P. The summed E-state index contributed by atoms with van der Waals surface area (Å²) in [6.07, 6.45) is 0. The highest BCUT2D eigenvalue weighted by molar-refractivity contribution is 7.70. The number of benzene rings is 1. The van der Waals surface area contributed by atoms with Gasteiger partial charge in [-0.2, -0.15) is 0 Å².